The van der Waals surface area contributed by atoms with Gasteiger partial charge in [0.15, 0.2) is 0 Å². The topological polar surface area (TPSA) is 15.3 Å². The number of anilines is 1. The van der Waals surface area contributed by atoms with Crippen molar-refractivity contribution in [2.75, 3.05) is 18.4 Å². The molecule has 0 radical (unpaired) electrons. The number of hydrogen-bond acceptors (Lipinski definition) is 2. The highest BCUT2D eigenvalue weighted by Gasteiger charge is 2.24. The first-order valence-corrected chi connectivity index (χ1v) is 7.29. The third-order valence-corrected chi connectivity index (χ3v) is 3.97. The molecule has 0 aliphatic heterocycles. The Morgan fingerprint density at radius 1 is 1.22 bits per heavy atom. The van der Waals surface area contributed by atoms with Crippen molar-refractivity contribution in [3.05, 3.63) is 29.8 Å². The third kappa shape index (κ3) is 3.49. The number of hydrogen-bond donors (Lipinski definition) is 1. The van der Waals surface area contributed by atoms with Gasteiger partial charge in [-0.05, 0) is 49.5 Å². The van der Waals surface area contributed by atoms with E-state index in [1.807, 2.05) is 0 Å². The lowest BCUT2D eigenvalue weighted by molar-refractivity contribution is 0.295. The van der Waals surface area contributed by atoms with Gasteiger partial charge in [0.05, 0.1) is 0 Å². The second kappa shape index (κ2) is 6.24. The molecule has 1 aromatic rings. The molecule has 1 fully saturated rings. The van der Waals surface area contributed by atoms with Crippen molar-refractivity contribution in [3.8, 4) is 0 Å². The summed E-state index contributed by atoms with van der Waals surface area (Å²) in [5.41, 5.74) is 2.70. The predicted molar refractivity (Wildman–Crippen MR) is 78.9 cm³/mol. The van der Waals surface area contributed by atoms with Gasteiger partial charge in [0.2, 0.25) is 0 Å². The molecular weight excluding hydrogens is 220 g/mol. The van der Waals surface area contributed by atoms with Crippen LogP contribution in [0.15, 0.2) is 24.3 Å². The fourth-order valence-electron chi connectivity index (χ4n) is 2.72. The molecule has 1 aliphatic carbocycles. The second-order valence-corrected chi connectivity index (χ2v) is 5.58. The van der Waals surface area contributed by atoms with E-state index in [1.54, 1.807) is 0 Å². The Bertz CT molecular complexity index is 365. The molecule has 2 rings (SSSR count). The lowest BCUT2D eigenvalue weighted by atomic mass is 9.82. The fraction of sp³-hybridized carbons (Fsp3) is 0.625. The van der Waals surface area contributed by atoms with E-state index >= 15 is 0 Å². The van der Waals surface area contributed by atoms with Crippen molar-refractivity contribution in [1.29, 1.82) is 0 Å². The summed E-state index contributed by atoms with van der Waals surface area (Å²) in [6.07, 6.45) is 2.64. The zero-order valence-electron chi connectivity index (χ0n) is 11.9. The van der Waals surface area contributed by atoms with Gasteiger partial charge in [-0.3, -0.25) is 4.90 Å². The minimum absolute atomic E-state index is 0.698. The summed E-state index contributed by atoms with van der Waals surface area (Å²) in [5.74, 6) is 0.904. The van der Waals surface area contributed by atoms with Crippen molar-refractivity contribution >= 4 is 5.69 Å². The van der Waals surface area contributed by atoms with Crippen LogP contribution in [0.2, 0.25) is 0 Å². The first-order chi connectivity index (χ1) is 8.71. The van der Waals surface area contributed by atoms with Crippen LogP contribution >= 0.6 is 0 Å². The molecule has 1 aliphatic rings. The van der Waals surface area contributed by atoms with Crippen molar-refractivity contribution in [3.63, 3.8) is 0 Å². The summed E-state index contributed by atoms with van der Waals surface area (Å²) in [5, 5.41) is 3.64. The summed E-state index contributed by atoms with van der Waals surface area (Å²) in [6, 6.07) is 9.59. The molecule has 1 aromatic carbocycles. The average Bonchev–Trinajstić information content (AvgIpc) is 2.34. The second-order valence-electron chi connectivity index (χ2n) is 5.58. The quantitative estimate of drug-likeness (QED) is 0.822. The molecule has 0 amide bonds. The Morgan fingerprint density at radius 3 is 2.56 bits per heavy atom. The molecule has 0 spiro atoms. The SMILES string of the molecule is CCN(CC)Cc1cccc(NC2CC(C)C2)c1. The Labute approximate surface area is 111 Å². The van der Waals surface area contributed by atoms with Gasteiger partial charge in [-0.25, -0.2) is 0 Å². The Balaban J connectivity index is 1.92. The fourth-order valence-corrected chi connectivity index (χ4v) is 2.72. The Kier molecular flexibility index (Phi) is 4.65. The van der Waals surface area contributed by atoms with Crippen LogP contribution in [0.5, 0.6) is 0 Å². The van der Waals surface area contributed by atoms with E-state index in [0.717, 1.165) is 25.6 Å². The maximum atomic E-state index is 3.64. The molecule has 1 N–H and O–H groups in total. The Hall–Kier alpha value is -1.02. The highest BCUT2D eigenvalue weighted by Crippen LogP contribution is 2.29. The lowest BCUT2D eigenvalue weighted by Gasteiger charge is -2.34. The van der Waals surface area contributed by atoms with Crippen molar-refractivity contribution in [2.24, 2.45) is 5.92 Å². The van der Waals surface area contributed by atoms with Gasteiger partial charge in [0.1, 0.15) is 0 Å². The summed E-state index contributed by atoms with van der Waals surface area (Å²) < 4.78 is 0. The van der Waals surface area contributed by atoms with E-state index in [2.05, 4.69) is 55.3 Å². The lowest BCUT2D eigenvalue weighted by Crippen LogP contribution is -2.33. The normalized spacial score (nSPS) is 22.9. The maximum Gasteiger partial charge on any atom is 0.0345 e. The highest BCUT2D eigenvalue weighted by molar-refractivity contribution is 5.47. The van der Waals surface area contributed by atoms with E-state index in [0.29, 0.717) is 6.04 Å². The average molecular weight is 246 g/mol. The number of rotatable bonds is 6. The van der Waals surface area contributed by atoms with Crippen LogP contribution < -0.4 is 5.32 Å². The molecule has 1 saturated carbocycles. The molecule has 2 heteroatoms. The molecule has 0 aromatic heterocycles. The van der Waals surface area contributed by atoms with Crippen LogP contribution in [-0.4, -0.2) is 24.0 Å². The molecule has 0 heterocycles. The predicted octanol–water partition coefficient (Wildman–Crippen LogP) is 3.74. The number of benzene rings is 1. The summed E-state index contributed by atoms with van der Waals surface area (Å²) >= 11 is 0. The van der Waals surface area contributed by atoms with Crippen LogP contribution in [0, 0.1) is 5.92 Å². The van der Waals surface area contributed by atoms with Crippen LogP contribution in [0.1, 0.15) is 39.2 Å². The maximum absolute atomic E-state index is 3.64. The van der Waals surface area contributed by atoms with Gasteiger partial charge >= 0.3 is 0 Å². The minimum Gasteiger partial charge on any atom is -0.382 e. The van der Waals surface area contributed by atoms with Gasteiger partial charge in [-0.1, -0.05) is 32.9 Å². The summed E-state index contributed by atoms with van der Waals surface area (Å²) in [4.78, 5) is 2.45. The minimum atomic E-state index is 0.698. The molecule has 18 heavy (non-hydrogen) atoms. The smallest absolute Gasteiger partial charge is 0.0345 e. The van der Waals surface area contributed by atoms with Crippen LogP contribution in [0.4, 0.5) is 5.69 Å². The standard InChI is InChI=1S/C16H26N2/c1-4-18(5-2)12-14-7-6-8-15(11-14)17-16-9-13(3)10-16/h6-8,11,13,16-17H,4-5,9-10,12H2,1-3H3. The van der Waals surface area contributed by atoms with E-state index in [1.165, 1.54) is 24.1 Å². The first kappa shape index (κ1) is 13.4. The van der Waals surface area contributed by atoms with Gasteiger partial charge in [-0.2, -0.15) is 0 Å². The zero-order valence-corrected chi connectivity index (χ0v) is 11.9. The largest absolute Gasteiger partial charge is 0.382 e. The van der Waals surface area contributed by atoms with E-state index < -0.39 is 0 Å². The van der Waals surface area contributed by atoms with E-state index in [4.69, 9.17) is 0 Å². The van der Waals surface area contributed by atoms with Crippen molar-refractivity contribution in [2.45, 2.75) is 46.2 Å². The van der Waals surface area contributed by atoms with Crippen LogP contribution in [0.25, 0.3) is 0 Å². The first-order valence-electron chi connectivity index (χ1n) is 7.29. The molecular formula is C16H26N2. The van der Waals surface area contributed by atoms with Gasteiger partial charge in [0, 0.05) is 18.3 Å². The summed E-state index contributed by atoms with van der Waals surface area (Å²) in [7, 11) is 0. The monoisotopic (exact) mass is 246 g/mol. The van der Waals surface area contributed by atoms with Crippen LogP contribution in [-0.2, 0) is 6.54 Å². The van der Waals surface area contributed by atoms with Crippen molar-refractivity contribution in [1.82, 2.24) is 4.90 Å². The third-order valence-electron chi connectivity index (χ3n) is 3.97. The molecule has 2 nitrogen and oxygen atoms in total. The Morgan fingerprint density at radius 2 is 1.94 bits per heavy atom. The van der Waals surface area contributed by atoms with Crippen LogP contribution in [0.3, 0.4) is 0 Å². The molecule has 100 valence electrons. The number of nitrogens with one attached hydrogen (secondary N) is 1. The zero-order chi connectivity index (χ0) is 13.0. The number of nitrogens with zero attached hydrogens (tertiary/aromatic N) is 1. The van der Waals surface area contributed by atoms with E-state index in [9.17, 15) is 0 Å². The van der Waals surface area contributed by atoms with Gasteiger partial charge in [0.25, 0.3) is 0 Å². The molecule has 0 saturated heterocycles. The van der Waals surface area contributed by atoms with Crippen molar-refractivity contribution < 1.29 is 0 Å². The molecule has 0 bridgehead atoms. The van der Waals surface area contributed by atoms with Gasteiger partial charge in [-0.15, -0.1) is 0 Å². The molecule has 0 unspecified atom stereocenters. The summed E-state index contributed by atoms with van der Waals surface area (Å²) in [6.45, 7) is 10.1. The van der Waals surface area contributed by atoms with Gasteiger partial charge < -0.3 is 5.32 Å². The van der Waals surface area contributed by atoms with E-state index in [-0.39, 0.29) is 0 Å². The highest BCUT2D eigenvalue weighted by atomic mass is 15.1. The molecule has 0 atom stereocenters.